The molecule has 0 fully saturated rings. The zero-order valence-corrected chi connectivity index (χ0v) is 27.7. The molecule has 0 radical (unpaired) electrons. The van der Waals surface area contributed by atoms with Crippen molar-refractivity contribution in [3.05, 3.63) is 175 Å². The molecule has 1 aliphatic rings. The number of pyridine rings is 1. The van der Waals surface area contributed by atoms with Gasteiger partial charge >= 0.3 is 0 Å². The number of benzene rings is 7. The highest BCUT2D eigenvalue weighted by molar-refractivity contribution is 6.21. The summed E-state index contributed by atoms with van der Waals surface area (Å²) in [5.74, 6) is 1.43. The number of para-hydroxylation sites is 1. The zero-order chi connectivity index (χ0) is 34.2. The molecule has 6 nitrogen and oxygen atoms in total. The van der Waals surface area contributed by atoms with Crippen LogP contribution in [0.2, 0.25) is 0 Å². The number of amidine groups is 2. The van der Waals surface area contributed by atoms with E-state index < -0.39 is 6.17 Å². The molecule has 10 aromatic rings. The number of hydrogen-bond donors (Lipinski definition) is 1. The Morgan fingerprint density at radius 2 is 1.19 bits per heavy atom. The number of furan rings is 2. The van der Waals surface area contributed by atoms with Gasteiger partial charge in [0.2, 0.25) is 0 Å². The van der Waals surface area contributed by atoms with E-state index in [0.29, 0.717) is 5.84 Å². The first-order chi connectivity index (χ1) is 25.8. The van der Waals surface area contributed by atoms with Crippen molar-refractivity contribution >= 4 is 77.1 Å². The van der Waals surface area contributed by atoms with Gasteiger partial charge in [-0.3, -0.25) is 4.98 Å². The molecule has 3 aromatic heterocycles. The van der Waals surface area contributed by atoms with Crippen molar-refractivity contribution in [2.24, 2.45) is 9.98 Å². The minimum absolute atomic E-state index is 0.420. The smallest absolute Gasteiger partial charge is 0.160 e. The van der Waals surface area contributed by atoms with Crippen LogP contribution >= 0.6 is 0 Å². The van der Waals surface area contributed by atoms with Crippen molar-refractivity contribution in [3.63, 3.8) is 0 Å². The highest BCUT2D eigenvalue weighted by atomic mass is 16.3. The summed E-state index contributed by atoms with van der Waals surface area (Å²) in [6, 6.07) is 50.4. The number of aromatic nitrogens is 1. The molecule has 0 spiro atoms. The molecule has 11 rings (SSSR count). The molecule has 4 heterocycles. The van der Waals surface area contributed by atoms with Crippen LogP contribution in [0.4, 0.5) is 0 Å². The summed E-state index contributed by atoms with van der Waals surface area (Å²) in [7, 11) is 0. The van der Waals surface area contributed by atoms with Gasteiger partial charge in [0.05, 0.1) is 6.20 Å². The Hall–Kier alpha value is -7.05. The molecule has 0 aliphatic carbocycles. The molecule has 0 bridgehead atoms. The zero-order valence-electron chi connectivity index (χ0n) is 27.7. The lowest BCUT2D eigenvalue weighted by atomic mass is 9.92. The van der Waals surface area contributed by atoms with Gasteiger partial charge < -0.3 is 14.2 Å². The summed E-state index contributed by atoms with van der Waals surface area (Å²) in [6.07, 6.45) is 3.18. The van der Waals surface area contributed by atoms with E-state index in [1.807, 2.05) is 42.6 Å². The van der Waals surface area contributed by atoms with Gasteiger partial charge in [0.25, 0.3) is 0 Å². The largest absolute Gasteiger partial charge is 0.456 e. The van der Waals surface area contributed by atoms with Crippen LogP contribution < -0.4 is 5.32 Å². The SMILES string of the molecule is c1ccc2cc(C3=NC(c4ccc(-c5cccc6oc7cnccc7c56)c5ccccc45)=NC(c4cccc5oc6ccccc6c45)N3)ccc2c1. The van der Waals surface area contributed by atoms with Crippen molar-refractivity contribution in [2.75, 3.05) is 0 Å². The molecule has 1 N–H and O–H groups in total. The van der Waals surface area contributed by atoms with Crippen LogP contribution in [0.15, 0.2) is 177 Å². The first-order valence-corrected chi connectivity index (χ1v) is 17.4. The predicted molar refractivity (Wildman–Crippen MR) is 211 cm³/mol. The second-order valence-electron chi connectivity index (χ2n) is 13.2. The topological polar surface area (TPSA) is 75.9 Å². The Balaban J connectivity index is 1.13. The number of hydrogen-bond acceptors (Lipinski definition) is 6. The summed E-state index contributed by atoms with van der Waals surface area (Å²) >= 11 is 0. The van der Waals surface area contributed by atoms with Crippen LogP contribution in [0.5, 0.6) is 0 Å². The third-order valence-corrected chi connectivity index (χ3v) is 10.2. The molecule has 52 heavy (non-hydrogen) atoms. The second kappa shape index (κ2) is 11.2. The number of aliphatic imine (C=N–C) groups is 2. The molecule has 0 amide bonds. The van der Waals surface area contributed by atoms with Gasteiger partial charge in [-0.15, -0.1) is 0 Å². The predicted octanol–water partition coefficient (Wildman–Crippen LogP) is 11.3. The quantitative estimate of drug-likeness (QED) is 0.202. The maximum absolute atomic E-state index is 6.30. The second-order valence-corrected chi connectivity index (χ2v) is 13.2. The van der Waals surface area contributed by atoms with E-state index in [4.69, 9.17) is 18.8 Å². The molecule has 244 valence electrons. The number of rotatable bonds is 4. The Bertz CT molecular complexity index is 3130. The van der Waals surface area contributed by atoms with Crippen molar-refractivity contribution in [3.8, 4) is 11.1 Å². The van der Waals surface area contributed by atoms with Gasteiger partial charge in [0.1, 0.15) is 28.8 Å². The van der Waals surface area contributed by atoms with E-state index in [-0.39, 0.29) is 0 Å². The van der Waals surface area contributed by atoms with E-state index in [2.05, 4.69) is 119 Å². The fourth-order valence-corrected chi connectivity index (χ4v) is 7.88. The lowest BCUT2D eigenvalue weighted by Gasteiger charge is -2.25. The van der Waals surface area contributed by atoms with Crippen LogP contribution in [0, 0.1) is 0 Å². The number of nitrogens with one attached hydrogen (secondary N) is 1. The average Bonchev–Trinajstić information content (AvgIpc) is 3.79. The van der Waals surface area contributed by atoms with E-state index in [9.17, 15) is 0 Å². The van der Waals surface area contributed by atoms with E-state index >= 15 is 0 Å². The fraction of sp³-hybridized carbons (Fsp3) is 0.0217. The summed E-state index contributed by atoms with van der Waals surface area (Å²) in [4.78, 5) is 15.0. The van der Waals surface area contributed by atoms with Gasteiger partial charge in [0, 0.05) is 44.4 Å². The van der Waals surface area contributed by atoms with Gasteiger partial charge in [-0.2, -0.15) is 0 Å². The summed E-state index contributed by atoms with van der Waals surface area (Å²) in [6.45, 7) is 0. The lowest BCUT2D eigenvalue weighted by Crippen LogP contribution is -2.33. The third kappa shape index (κ3) is 4.41. The van der Waals surface area contributed by atoms with Crippen molar-refractivity contribution < 1.29 is 8.83 Å². The normalized spacial score (nSPS) is 14.7. The summed E-state index contributed by atoms with van der Waals surface area (Å²) < 4.78 is 12.5. The van der Waals surface area contributed by atoms with Crippen LogP contribution in [-0.4, -0.2) is 16.7 Å². The maximum atomic E-state index is 6.30. The van der Waals surface area contributed by atoms with E-state index in [0.717, 1.165) is 93.7 Å². The van der Waals surface area contributed by atoms with Crippen LogP contribution in [0.3, 0.4) is 0 Å². The van der Waals surface area contributed by atoms with Crippen molar-refractivity contribution in [1.82, 2.24) is 10.3 Å². The molecule has 1 aliphatic heterocycles. The van der Waals surface area contributed by atoms with Crippen LogP contribution in [-0.2, 0) is 0 Å². The highest BCUT2D eigenvalue weighted by Crippen LogP contribution is 2.41. The summed E-state index contributed by atoms with van der Waals surface area (Å²) in [5, 5.41) is 12.5. The minimum Gasteiger partial charge on any atom is -0.456 e. The Labute approximate surface area is 297 Å². The van der Waals surface area contributed by atoms with E-state index in [1.54, 1.807) is 6.20 Å². The van der Waals surface area contributed by atoms with Gasteiger partial charge in [-0.25, -0.2) is 9.98 Å². The van der Waals surface area contributed by atoms with Crippen molar-refractivity contribution in [1.29, 1.82) is 0 Å². The van der Waals surface area contributed by atoms with Crippen molar-refractivity contribution in [2.45, 2.75) is 6.17 Å². The molecule has 0 saturated heterocycles. The molecule has 0 saturated carbocycles. The first-order valence-electron chi connectivity index (χ1n) is 17.4. The van der Waals surface area contributed by atoms with Gasteiger partial charge in [0.15, 0.2) is 11.4 Å². The highest BCUT2D eigenvalue weighted by Gasteiger charge is 2.26. The molecular weight excluding hydrogens is 641 g/mol. The minimum atomic E-state index is -0.420. The fourth-order valence-electron chi connectivity index (χ4n) is 7.88. The Morgan fingerprint density at radius 3 is 2.10 bits per heavy atom. The Kier molecular flexibility index (Phi) is 6.21. The molecule has 1 unspecified atom stereocenters. The summed E-state index contributed by atoms with van der Waals surface area (Å²) in [5.41, 5.74) is 8.50. The molecule has 1 atom stereocenters. The first kappa shape index (κ1) is 28.8. The third-order valence-electron chi connectivity index (χ3n) is 10.2. The number of fused-ring (bicyclic) bond motifs is 8. The maximum Gasteiger partial charge on any atom is 0.160 e. The van der Waals surface area contributed by atoms with E-state index in [1.165, 1.54) is 5.39 Å². The van der Waals surface area contributed by atoms with Crippen LogP contribution in [0.25, 0.3) is 76.5 Å². The Morgan fingerprint density at radius 1 is 0.500 bits per heavy atom. The molecule has 7 aromatic carbocycles. The van der Waals surface area contributed by atoms with Gasteiger partial charge in [-0.05, 0) is 69.1 Å². The standard InChI is InChI=1S/C46H28N4O2/c1-2-10-28-25-29(20-19-27(28)9-1)44-48-45(50-46(49-44)37-15-8-18-40-43(37)35-13-5-6-16-38(35)51-40)34-22-21-32(30-11-3-4-12-31(30)34)33-14-7-17-39-42(33)36-23-24-47-26-41(36)52-39/h1-26,46H,(H,48,49,50). The van der Waals surface area contributed by atoms with Crippen LogP contribution in [0.1, 0.15) is 22.9 Å². The lowest BCUT2D eigenvalue weighted by molar-refractivity contribution is 0.662. The van der Waals surface area contributed by atoms with Gasteiger partial charge in [-0.1, -0.05) is 109 Å². The molecular formula is C46H28N4O2. The monoisotopic (exact) mass is 668 g/mol. The number of nitrogens with zero attached hydrogens (tertiary/aromatic N) is 3. The average molecular weight is 669 g/mol. The molecule has 6 heteroatoms.